The van der Waals surface area contributed by atoms with Crippen LogP contribution >= 0.6 is 11.6 Å². The normalized spacial score (nSPS) is 13.1. The van der Waals surface area contributed by atoms with Gasteiger partial charge >= 0.3 is 5.69 Å². The first-order valence-corrected chi connectivity index (χ1v) is 11.4. The summed E-state index contributed by atoms with van der Waals surface area (Å²) < 4.78 is 3.30. The molecule has 5 rings (SSSR count). The summed E-state index contributed by atoms with van der Waals surface area (Å²) in [5.41, 5.74) is 4.84. The fourth-order valence-corrected chi connectivity index (χ4v) is 4.17. The number of imidazole rings is 1. The highest BCUT2D eigenvalue weighted by atomic mass is 35.5. The first-order chi connectivity index (χ1) is 16.1. The first kappa shape index (κ1) is 21.3. The van der Waals surface area contributed by atoms with Crippen LogP contribution in [-0.2, 0) is 17.9 Å². The fourth-order valence-electron chi connectivity index (χ4n) is 4.04. The molecule has 1 aliphatic rings. The number of benzene rings is 3. The largest absolute Gasteiger partial charge is 0.350 e. The summed E-state index contributed by atoms with van der Waals surface area (Å²) in [6.07, 6.45) is 3.74. The first-order valence-electron chi connectivity index (χ1n) is 11.1. The molecule has 3 aromatic carbocycles. The van der Waals surface area contributed by atoms with Gasteiger partial charge in [0, 0.05) is 23.8 Å². The second-order valence-corrected chi connectivity index (χ2v) is 8.81. The molecule has 1 N–H and O–H groups in total. The lowest BCUT2D eigenvalue weighted by molar-refractivity contribution is -0.121. The van der Waals surface area contributed by atoms with Gasteiger partial charge in [0.1, 0.15) is 6.54 Å². The zero-order valence-electron chi connectivity index (χ0n) is 18.1. The van der Waals surface area contributed by atoms with Gasteiger partial charge < -0.3 is 5.32 Å². The van der Waals surface area contributed by atoms with Crippen molar-refractivity contribution in [2.24, 2.45) is 0 Å². The van der Waals surface area contributed by atoms with Crippen LogP contribution in [0.3, 0.4) is 0 Å². The van der Waals surface area contributed by atoms with Crippen LogP contribution in [-0.4, -0.2) is 15.0 Å². The molecule has 1 aromatic heterocycles. The monoisotopic (exact) mass is 457 g/mol. The van der Waals surface area contributed by atoms with E-state index in [9.17, 15) is 9.59 Å². The third-order valence-corrected chi connectivity index (χ3v) is 6.13. The Hall–Kier alpha value is -3.57. The molecule has 166 valence electrons. The van der Waals surface area contributed by atoms with Gasteiger partial charge in [-0.15, -0.1) is 0 Å². The average Bonchev–Trinajstić information content (AvgIpc) is 3.63. The number of halogens is 1. The van der Waals surface area contributed by atoms with E-state index in [1.807, 2.05) is 54.6 Å². The van der Waals surface area contributed by atoms with E-state index in [0.717, 1.165) is 40.8 Å². The van der Waals surface area contributed by atoms with E-state index in [-0.39, 0.29) is 24.2 Å². The molecule has 0 bridgehead atoms. The summed E-state index contributed by atoms with van der Waals surface area (Å²) in [6.45, 7) is 0.388. The molecular formula is C27H24ClN3O2. The van der Waals surface area contributed by atoms with Crippen molar-refractivity contribution in [1.29, 1.82) is 0 Å². The van der Waals surface area contributed by atoms with Gasteiger partial charge in [0.25, 0.3) is 0 Å². The van der Waals surface area contributed by atoms with Crippen LogP contribution in [0.1, 0.15) is 24.4 Å². The highest BCUT2D eigenvalue weighted by molar-refractivity contribution is 6.30. The third-order valence-electron chi connectivity index (χ3n) is 5.88. The van der Waals surface area contributed by atoms with Crippen LogP contribution < -0.4 is 11.0 Å². The highest BCUT2D eigenvalue weighted by Gasteiger charge is 2.29. The second kappa shape index (κ2) is 9.12. The van der Waals surface area contributed by atoms with Crippen molar-refractivity contribution < 1.29 is 4.79 Å². The molecule has 0 saturated heterocycles. The number of hydrogen-bond acceptors (Lipinski definition) is 2. The predicted molar refractivity (Wildman–Crippen MR) is 131 cm³/mol. The van der Waals surface area contributed by atoms with Crippen LogP contribution in [0, 0.1) is 0 Å². The minimum atomic E-state index is -0.196. The van der Waals surface area contributed by atoms with E-state index in [1.165, 1.54) is 4.57 Å². The van der Waals surface area contributed by atoms with Crippen LogP contribution in [0.15, 0.2) is 89.9 Å². The Morgan fingerprint density at radius 1 is 0.909 bits per heavy atom. The van der Waals surface area contributed by atoms with Crippen molar-refractivity contribution >= 4 is 17.5 Å². The van der Waals surface area contributed by atoms with Gasteiger partial charge in [-0.05, 0) is 53.3 Å². The molecule has 1 saturated carbocycles. The Morgan fingerprint density at radius 3 is 2.36 bits per heavy atom. The summed E-state index contributed by atoms with van der Waals surface area (Å²) >= 11 is 6.02. The molecule has 4 aromatic rings. The molecule has 1 heterocycles. The van der Waals surface area contributed by atoms with E-state index >= 15 is 0 Å². The number of aromatic nitrogens is 2. The molecule has 1 amide bonds. The Bertz CT molecular complexity index is 1340. The van der Waals surface area contributed by atoms with Crippen molar-refractivity contribution in [2.75, 3.05) is 0 Å². The van der Waals surface area contributed by atoms with E-state index < -0.39 is 0 Å². The Balaban J connectivity index is 1.30. The fraction of sp³-hybridized carbons (Fsp3) is 0.185. The molecule has 0 spiro atoms. The number of carbonyl (C=O) groups is 1. The molecule has 1 fully saturated rings. The zero-order valence-corrected chi connectivity index (χ0v) is 18.8. The summed E-state index contributed by atoms with van der Waals surface area (Å²) in [6, 6.07) is 25.9. The van der Waals surface area contributed by atoms with Crippen molar-refractivity contribution in [3.63, 3.8) is 0 Å². The van der Waals surface area contributed by atoms with Crippen molar-refractivity contribution in [2.45, 2.75) is 32.0 Å². The van der Waals surface area contributed by atoms with Crippen LogP contribution in [0.5, 0.6) is 0 Å². The number of nitrogens with one attached hydrogen (secondary N) is 1. The van der Waals surface area contributed by atoms with E-state index in [0.29, 0.717) is 11.6 Å². The van der Waals surface area contributed by atoms with Gasteiger partial charge in [-0.1, -0.05) is 72.3 Å². The Morgan fingerprint density at radius 2 is 1.64 bits per heavy atom. The quantitative estimate of drug-likeness (QED) is 0.410. The van der Waals surface area contributed by atoms with Crippen molar-refractivity contribution in [3.8, 4) is 22.4 Å². The van der Waals surface area contributed by atoms with Crippen molar-refractivity contribution in [3.05, 3.63) is 106 Å². The zero-order chi connectivity index (χ0) is 22.8. The minimum absolute atomic E-state index is 0.0164. The Kier molecular flexibility index (Phi) is 5.88. The van der Waals surface area contributed by atoms with Crippen LogP contribution in [0.4, 0.5) is 0 Å². The molecule has 0 radical (unpaired) electrons. The standard InChI is InChI=1S/C27H24ClN3O2/c28-23-11-9-21(10-12-23)25-17-30(27(33)31(25)24-13-14-24)18-26(32)29-16-19-5-4-8-22(15-19)20-6-2-1-3-7-20/h1-12,15,17,24H,13-14,16,18H2,(H,29,32). The molecule has 0 atom stereocenters. The highest BCUT2D eigenvalue weighted by Crippen LogP contribution is 2.37. The maximum Gasteiger partial charge on any atom is 0.329 e. The second-order valence-electron chi connectivity index (χ2n) is 8.38. The third kappa shape index (κ3) is 4.78. The molecule has 5 nitrogen and oxygen atoms in total. The lowest BCUT2D eigenvalue weighted by atomic mass is 10.0. The lowest BCUT2D eigenvalue weighted by Gasteiger charge is -2.08. The number of nitrogens with zero attached hydrogens (tertiary/aromatic N) is 2. The lowest BCUT2D eigenvalue weighted by Crippen LogP contribution is -2.32. The Labute approximate surface area is 197 Å². The molecule has 6 heteroatoms. The molecular weight excluding hydrogens is 434 g/mol. The SMILES string of the molecule is O=C(Cn1cc(-c2ccc(Cl)cc2)n(C2CC2)c1=O)NCc1cccc(-c2ccccc2)c1. The molecule has 0 aliphatic heterocycles. The van der Waals surface area contributed by atoms with E-state index in [2.05, 4.69) is 29.6 Å². The molecule has 1 aliphatic carbocycles. The summed E-state index contributed by atoms with van der Waals surface area (Å²) in [5.74, 6) is -0.196. The van der Waals surface area contributed by atoms with Gasteiger partial charge in [0.15, 0.2) is 0 Å². The minimum Gasteiger partial charge on any atom is -0.350 e. The summed E-state index contributed by atoms with van der Waals surface area (Å²) in [4.78, 5) is 25.7. The smallest absolute Gasteiger partial charge is 0.329 e. The van der Waals surface area contributed by atoms with Crippen LogP contribution in [0.25, 0.3) is 22.4 Å². The molecule has 33 heavy (non-hydrogen) atoms. The van der Waals surface area contributed by atoms with Gasteiger partial charge in [-0.25, -0.2) is 4.79 Å². The number of amides is 1. The maximum atomic E-state index is 13.0. The number of carbonyl (C=O) groups excluding carboxylic acids is 1. The topological polar surface area (TPSA) is 56.0 Å². The molecule has 0 unspecified atom stereocenters. The predicted octanol–water partition coefficient (Wildman–Crippen LogP) is 5.29. The van der Waals surface area contributed by atoms with E-state index in [4.69, 9.17) is 11.6 Å². The maximum absolute atomic E-state index is 13.0. The van der Waals surface area contributed by atoms with Crippen molar-refractivity contribution in [1.82, 2.24) is 14.5 Å². The van der Waals surface area contributed by atoms with E-state index in [1.54, 1.807) is 10.8 Å². The summed E-state index contributed by atoms with van der Waals surface area (Å²) in [5, 5.41) is 3.60. The average molecular weight is 458 g/mol. The van der Waals surface area contributed by atoms with Gasteiger partial charge in [-0.2, -0.15) is 0 Å². The number of hydrogen-bond donors (Lipinski definition) is 1. The van der Waals surface area contributed by atoms with Gasteiger partial charge in [0.05, 0.1) is 5.69 Å². The summed E-state index contributed by atoms with van der Waals surface area (Å²) in [7, 11) is 0. The van der Waals surface area contributed by atoms with Gasteiger partial charge in [0.2, 0.25) is 5.91 Å². The van der Waals surface area contributed by atoms with Crippen LogP contribution in [0.2, 0.25) is 5.02 Å². The van der Waals surface area contributed by atoms with Gasteiger partial charge in [-0.3, -0.25) is 13.9 Å². The number of rotatable bonds is 7.